The molecule has 2 fully saturated rings. The molecule has 2 aliphatic rings. The Morgan fingerprint density at radius 2 is 1.68 bits per heavy atom. The van der Waals surface area contributed by atoms with Crippen LogP contribution in [0, 0.1) is 0 Å². The molecule has 4 rings (SSSR count). The van der Waals surface area contributed by atoms with E-state index in [0.717, 1.165) is 56.6 Å². The van der Waals surface area contributed by atoms with Gasteiger partial charge in [0.2, 0.25) is 5.91 Å². The zero-order valence-corrected chi connectivity index (χ0v) is 28.0. The Balaban J connectivity index is 1.43. The topological polar surface area (TPSA) is 103 Å². The molecule has 4 amide bonds. The highest BCUT2D eigenvalue weighted by molar-refractivity contribution is 6.42. The molecule has 0 aliphatic carbocycles. The summed E-state index contributed by atoms with van der Waals surface area (Å²) in [5.74, 6) is -0.824. The monoisotopic (exact) mass is 682 g/mol. The lowest BCUT2D eigenvalue weighted by Crippen LogP contribution is -2.57. The van der Waals surface area contributed by atoms with Crippen LogP contribution in [0.3, 0.4) is 0 Å². The Morgan fingerprint density at radius 1 is 1.00 bits per heavy atom. The van der Waals surface area contributed by atoms with Crippen molar-refractivity contribution < 1.29 is 14.4 Å². The number of urea groups is 1. The minimum absolute atomic E-state index is 0.0424. The summed E-state index contributed by atoms with van der Waals surface area (Å²) in [6.45, 7) is 3.98. The molecule has 9 nitrogen and oxygen atoms in total. The van der Waals surface area contributed by atoms with E-state index in [-0.39, 0.29) is 30.4 Å². The van der Waals surface area contributed by atoms with Crippen LogP contribution in [0.15, 0.2) is 41.4 Å². The fraction of sp³-hybridized carbons (Fsp3) is 0.484. The van der Waals surface area contributed by atoms with Crippen molar-refractivity contribution in [1.82, 2.24) is 19.6 Å². The minimum Gasteiger partial charge on any atom is -0.368 e. The van der Waals surface area contributed by atoms with Crippen molar-refractivity contribution in [2.75, 3.05) is 59.9 Å². The summed E-state index contributed by atoms with van der Waals surface area (Å²) in [6.07, 6.45) is 3.27. The van der Waals surface area contributed by atoms with Gasteiger partial charge in [-0.1, -0.05) is 52.5 Å². The number of carbonyl (C=O) groups is 3. The molecule has 1 atom stereocenters. The molecule has 13 heteroatoms. The number of rotatable bonds is 11. The minimum atomic E-state index is -0.494. The first-order valence-electron chi connectivity index (χ1n) is 14.6. The van der Waals surface area contributed by atoms with Crippen molar-refractivity contribution in [3.63, 3.8) is 0 Å². The molecular weight excluding hydrogens is 646 g/mol. The van der Waals surface area contributed by atoms with Gasteiger partial charge in [-0.25, -0.2) is 4.79 Å². The lowest BCUT2D eigenvalue weighted by molar-refractivity contribution is -0.119. The van der Waals surface area contributed by atoms with Crippen LogP contribution >= 0.6 is 46.4 Å². The largest absolute Gasteiger partial charge is 0.368 e. The molecule has 2 heterocycles. The fourth-order valence-corrected chi connectivity index (χ4v) is 6.88. The Labute approximate surface area is 278 Å². The average Bonchev–Trinajstić information content (AvgIpc) is 2.98. The Kier molecular flexibility index (Phi) is 12.2. The normalized spacial score (nSPS) is 17.6. The summed E-state index contributed by atoms with van der Waals surface area (Å²) in [4.78, 5) is 49.8. The van der Waals surface area contributed by atoms with Gasteiger partial charge >= 0.3 is 6.03 Å². The second-order valence-electron chi connectivity index (χ2n) is 11.3. The molecule has 0 unspecified atom stereocenters. The molecule has 0 aromatic heterocycles. The van der Waals surface area contributed by atoms with E-state index < -0.39 is 5.91 Å². The van der Waals surface area contributed by atoms with Crippen LogP contribution in [-0.4, -0.2) is 109 Å². The molecule has 2 aliphatic heterocycles. The number of amides is 4. The summed E-state index contributed by atoms with van der Waals surface area (Å²) in [5.41, 5.74) is 7.54. The quantitative estimate of drug-likeness (QED) is 0.307. The van der Waals surface area contributed by atoms with Gasteiger partial charge in [0.1, 0.15) is 6.54 Å². The van der Waals surface area contributed by atoms with E-state index in [1.54, 1.807) is 48.2 Å². The summed E-state index contributed by atoms with van der Waals surface area (Å²) in [5, 5.41) is 1.71. The van der Waals surface area contributed by atoms with Crippen LogP contribution in [0.4, 0.5) is 4.79 Å². The van der Waals surface area contributed by atoms with Gasteiger partial charge in [0, 0.05) is 73.6 Å². The Hall–Kier alpha value is -2.56. The molecule has 2 aromatic rings. The Bertz CT molecular complexity index is 1380. The van der Waals surface area contributed by atoms with Gasteiger partial charge in [-0.2, -0.15) is 0 Å². The molecule has 2 saturated heterocycles. The maximum atomic E-state index is 13.3. The number of halogens is 4. The summed E-state index contributed by atoms with van der Waals surface area (Å²) in [6, 6.07) is 10.4. The highest BCUT2D eigenvalue weighted by Gasteiger charge is 2.34. The van der Waals surface area contributed by atoms with Crippen molar-refractivity contribution in [2.24, 2.45) is 10.7 Å². The number of nitrogens with zero attached hydrogens (tertiary/aromatic N) is 5. The van der Waals surface area contributed by atoms with Crippen LogP contribution in [0.1, 0.15) is 47.5 Å². The van der Waals surface area contributed by atoms with Crippen molar-refractivity contribution in [2.45, 2.75) is 37.6 Å². The number of carbonyl (C=O) groups excluding carboxylic acids is 3. The lowest BCUT2D eigenvalue weighted by atomic mass is 9.89. The zero-order chi connectivity index (χ0) is 32.0. The van der Waals surface area contributed by atoms with Gasteiger partial charge in [0.05, 0.1) is 16.6 Å². The molecule has 44 heavy (non-hydrogen) atoms. The first kappa shape index (κ1) is 34.3. The van der Waals surface area contributed by atoms with Crippen molar-refractivity contribution >= 4 is 70.0 Å². The van der Waals surface area contributed by atoms with E-state index in [1.165, 1.54) is 0 Å². The molecule has 0 bridgehead atoms. The summed E-state index contributed by atoms with van der Waals surface area (Å²) >= 11 is 25.0. The predicted molar refractivity (Wildman–Crippen MR) is 178 cm³/mol. The van der Waals surface area contributed by atoms with Gasteiger partial charge in [-0.3, -0.25) is 14.6 Å². The van der Waals surface area contributed by atoms with Gasteiger partial charge in [0.25, 0.3) is 5.91 Å². The number of nitrogens with two attached hydrogens (primary N) is 1. The molecule has 238 valence electrons. The second kappa shape index (κ2) is 15.6. The number of hydrogen-bond donors (Lipinski definition) is 1. The van der Waals surface area contributed by atoms with E-state index in [4.69, 9.17) is 52.1 Å². The van der Waals surface area contributed by atoms with Crippen LogP contribution in [0.5, 0.6) is 0 Å². The lowest BCUT2D eigenvalue weighted by Gasteiger charge is -2.43. The van der Waals surface area contributed by atoms with Crippen LogP contribution in [0.25, 0.3) is 0 Å². The van der Waals surface area contributed by atoms with Crippen molar-refractivity contribution in [3.8, 4) is 0 Å². The van der Waals surface area contributed by atoms with Gasteiger partial charge < -0.3 is 25.3 Å². The molecule has 0 radical (unpaired) electrons. The zero-order valence-electron chi connectivity index (χ0n) is 24.9. The molecule has 2 aromatic carbocycles. The first-order valence-corrected chi connectivity index (χ1v) is 16.2. The number of primary amides is 1. The second-order valence-corrected chi connectivity index (χ2v) is 13.0. The third-order valence-electron chi connectivity index (χ3n) is 8.31. The maximum absolute atomic E-state index is 13.3. The van der Waals surface area contributed by atoms with Crippen LogP contribution < -0.4 is 5.73 Å². The Morgan fingerprint density at radius 3 is 2.30 bits per heavy atom. The number of benzene rings is 2. The smallest absolute Gasteiger partial charge is 0.320 e. The van der Waals surface area contributed by atoms with E-state index in [2.05, 4.69) is 9.89 Å². The highest BCUT2D eigenvalue weighted by atomic mass is 35.5. The summed E-state index contributed by atoms with van der Waals surface area (Å²) in [7, 11) is 3.46. The fourth-order valence-electron chi connectivity index (χ4n) is 6.05. The third kappa shape index (κ3) is 8.79. The van der Waals surface area contributed by atoms with E-state index >= 15 is 0 Å². The highest BCUT2D eigenvalue weighted by Crippen LogP contribution is 2.31. The maximum Gasteiger partial charge on any atom is 0.320 e. The number of hydrogen-bond acceptors (Lipinski definition) is 5. The van der Waals surface area contributed by atoms with Gasteiger partial charge in [0.15, 0.2) is 0 Å². The van der Waals surface area contributed by atoms with Gasteiger partial charge in [-0.05, 0) is 68.1 Å². The van der Waals surface area contributed by atoms with Crippen molar-refractivity contribution in [3.05, 3.63) is 67.6 Å². The number of piperidine rings is 1. The molecule has 0 spiro atoms. The third-order valence-corrected chi connectivity index (χ3v) is 9.49. The first-order chi connectivity index (χ1) is 21.0. The molecule has 0 saturated carbocycles. The standard InChI is InChI=1S/C31H38Cl4N6O3/c1-37-28(18-38(2)30(43)21-14-22(32)17-23(33)15-21)25(20-4-5-26(34)27(35)16-20)8-13-39-11-6-24(7-12-39)41-10-3-9-40(31(41)44)19-29(36)42/h4-5,14-17,24-25H,3,6-13,18-19H2,1-2H3,(H2,36,42)/t25-/m1/s1. The molecule has 2 N–H and O–H groups in total. The van der Waals surface area contributed by atoms with Crippen LogP contribution in [0.2, 0.25) is 20.1 Å². The van der Waals surface area contributed by atoms with E-state index in [1.807, 2.05) is 17.0 Å². The van der Waals surface area contributed by atoms with E-state index in [0.29, 0.717) is 45.3 Å². The van der Waals surface area contributed by atoms with Gasteiger partial charge in [-0.15, -0.1) is 0 Å². The molecular formula is C31H38Cl4N6O3. The number of likely N-dealkylation sites (tertiary alicyclic amines) is 1. The predicted octanol–water partition coefficient (Wildman–Crippen LogP) is 5.69. The SMILES string of the molecule is CN=C(CN(C)C(=O)c1cc(Cl)cc(Cl)c1)[C@H](CCN1CCC(N2CCCN(CC(N)=O)C2=O)CC1)c1ccc(Cl)c(Cl)c1. The van der Waals surface area contributed by atoms with Crippen LogP contribution in [-0.2, 0) is 4.79 Å². The summed E-state index contributed by atoms with van der Waals surface area (Å²) < 4.78 is 0. The average molecular weight is 684 g/mol. The van der Waals surface area contributed by atoms with E-state index in [9.17, 15) is 14.4 Å². The van der Waals surface area contributed by atoms with Crippen molar-refractivity contribution in [1.29, 1.82) is 0 Å². The number of aliphatic imine (C=N–C) groups is 1.